The van der Waals surface area contributed by atoms with Gasteiger partial charge >= 0.3 is 0 Å². The van der Waals surface area contributed by atoms with Crippen LogP contribution >= 0.6 is 11.6 Å². The number of carbonyl (C=O) groups is 1. The van der Waals surface area contributed by atoms with Gasteiger partial charge in [0.05, 0.1) is 24.5 Å². The van der Waals surface area contributed by atoms with Gasteiger partial charge in [0.15, 0.2) is 0 Å². The standard InChI is InChI=1S/C17H20ClN3O2/c18-15-1-2-16(14(11-15)12-19)20-5-3-13(4-6-20)17(22)21-7-9-23-10-8-21/h1-2,11,13H,3-10H2. The van der Waals surface area contributed by atoms with Gasteiger partial charge in [-0.05, 0) is 31.0 Å². The van der Waals surface area contributed by atoms with E-state index in [9.17, 15) is 10.1 Å². The van der Waals surface area contributed by atoms with Crippen molar-refractivity contribution in [3.63, 3.8) is 0 Å². The van der Waals surface area contributed by atoms with Crippen molar-refractivity contribution in [2.75, 3.05) is 44.3 Å². The first-order valence-corrected chi connectivity index (χ1v) is 8.38. The summed E-state index contributed by atoms with van der Waals surface area (Å²) in [5.74, 6) is 0.340. The Bertz CT molecular complexity index is 615. The minimum atomic E-state index is 0.0854. The molecule has 5 nitrogen and oxygen atoms in total. The van der Waals surface area contributed by atoms with Crippen molar-refractivity contribution < 1.29 is 9.53 Å². The van der Waals surface area contributed by atoms with Crippen LogP contribution < -0.4 is 4.90 Å². The lowest BCUT2D eigenvalue weighted by atomic mass is 9.94. The van der Waals surface area contributed by atoms with Crippen LogP contribution in [0.4, 0.5) is 5.69 Å². The summed E-state index contributed by atoms with van der Waals surface area (Å²) < 4.78 is 5.30. The number of benzene rings is 1. The van der Waals surface area contributed by atoms with E-state index in [1.165, 1.54) is 0 Å². The van der Waals surface area contributed by atoms with Gasteiger partial charge < -0.3 is 14.5 Å². The van der Waals surface area contributed by atoms with E-state index in [0.29, 0.717) is 36.9 Å². The van der Waals surface area contributed by atoms with Crippen molar-refractivity contribution in [3.8, 4) is 6.07 Å². The predicted molar refractivity (Wildman–Crippen MR) is 88.5 cm³/mol. The largest absolute Gasteiger partial charge is 0.378 e. The molecule has 2 saturated heterocycles. The number of piperidine rings is 1. The molecule has 0 saturated carbocycles. The fraction of sp³-hybridized carbons (Fsp3) is 0.529. The highest BCUT2D eigenvalue weighted by Crippen LogP contribution is 2.29. The smallest absolute Gasteiger partial charge is 0.225 e. The fourth-order valence-corrected chi connectivity index (χ4v) is 3.45. The third-order valence-corrected chi connectivity index (χ3v) is 4.82. The van der Waals surface area contributed by atoms with Crippen molar-refractivity contribution in [2.24, 2.45) is 5.92 Å². The second kappa shape index (κ2) is 7.20. The molecule has 6 heteroatoms. The van der Waals surface area contributed by atoms with Crippen LogP contribution in [0.25, 0.3) is 0 Å². The highest BCUT2D eigenvalue weighted by molar-refractivity contribution is 6.30. The van der Waals surface area contributed by atoms with Gasteiger partial charge in [-0.15, -0.1) is 0 Å². The number of nitriles is 1. The Morgan fingerprint density at radius 1 is 1.22 bits per heavy atom. The lowest BCUT2D eigenvalue weighted by molar-refractivity contribution is -0.140. The highest BCUT2D eigenvalue weighted by Gasteiger charge is 2.30. The number of morpholine rings is 1. The number of amides is 1. The lowest BCUT2D eigenvalue weighted by Crippen LogP contribution is -2.46. The van der Waals surface area contributed by atoms with Crippen LogP contribution in [0.1, 0.15) is 18.4 Å². The lowest BCUT2D eigenvalue weighted by Gasteiger charge is -2.36. The molecule has 0 atom stereocenters. The van der Waals surface area contributed by atoms with E-state index < -0.39 is 0 Å². The predicted octanol–water partition coefficient (Wildman–Crippen LogP) is 2.29. The third kappa shape index (κ3) is 3.60. The third-order valence-electron chi connectivity index (χ3n) is 4.59. The topological polar surface area (TPSA) is 56.6 Å². The summed E-state index contributed by atoms with van der Waals surface area (Å²) in [5.41, 5.74) is 1.50. The molecule has 0 N–H and O–H groups in total. The molecule has 1 aromatic rings. The van der Waals surface area contributed by atoms with E-state index in [4.69, 9.17) is 16.3 Å². The Labute approximate surface area is 141 Å². The van der Waals surface area contributed by atoms with Gasteiger partial charge in [0.25, 0.3) is 0 Å². The van der Waals surface area contributed by atoms with Crippen LogP contribution in [0.15, 0.2) is 18.2 Å². The zero-order valence-electron chi connectivity index (χ0n) is 13.0. The summed E-state index contributed by atoms with van der Waals surface area (Å²) in [7, 11) is 0. The van der Waals surface area contributed by atoms with Crippen molar-refractivity contribution in [3.05, 3.63) is 28.8 Å². The first kappa shape index (κ1) is 16.1. The van der Waals surface area contributed by atoms with E-state index >= 15 is 0 Å². The zero-order valence-corrected chi connectivity index (χ0v) is 13.8. The van der Waals surface area contributed by atoms with Gasteiger partial charge in [-0.25, -0.2) is 0 Å². The van der Waals surface area contributed by atoms with Gasteiger partial charge in [-0.2, -0.15) is 5.26 Å². The molecule has 23 heavy (non-hydrogen) atoms. The molecular formula is C17H20ClN3O2. The molecule has 0 bridgehead atoms. The Kier molecular flexibility index (Phi) is 5.04. The molecular weight excluding hydrogens is 314 g/mol. The minimum absolute atomic E-state index is 0.0854. The van der Waals surface area contributed by atoms with E-state index in [0.717, 1.165) is 31.6 Å². The van der Waals surface area contributed by atoms with Crippen LogP contribution in [-0.2, 0) is 9.53 Å². The number of hydrogen-bond acceptors (Lipinski definition) is 4. The van der Waals surface area contributed by atoms with Crippen LogP contribution in [0.2, 0.25) is 5.02 Å². The first-order valence-electron chi connectivity index (χ1n) is 8.00. The van der Waals surface area contributed by atoms with Crippen molar-refractivity contribution in [2.45, 2.75) is 12.8 Å². The number of anilines is 1. The Balaban J connectivity index is 1.62. The fourth-order valence-electron chi connectivity index (χ4n) is 3.28. The number of ether oxygens (including phenoxy) is 1. The van der Waals surface area contributed by atoms with E-state index in [-0.39, 0.29) is 11.8 Å². The second-order valence-corrected chi connectivity index (χ2v) is 6.41. The summed E-state index contributed by atoms with van der Waals surface area (Å²) >= 11 is 5.96. The molecule has 0 aliphatic carbocycles. The monoisotopic (exact) mass is 333 g/mol. The van der Waals surface area contributed by atoms with Crippen molar-refractivity contribution in [1.82, 2.24) is 4.90 Å². The number of rotatable bonds is 2. The summed E-state index contributed by atoms with van der Waals surface area (Å²) in [6, 6.07) is 7.60. The van der Waals surface area contributed by atoms with E-state index in [2.05, 4.69) is 11.0 Å². The molecule has 2 heterocycles. The molecule has 0 spiro atoms. The number of hydrogen-bond donors (Lipinski definition) is 0. The molecule has 2 aliphatic heterocycles. The Morgan fingerprint density at radius 3 is 2.57 bits per heavy atom. The second-order valence-electron chi connectivity index (χ2n) is 5.97. The van der Waals surface area contributed by atoms with Gasteiger partial charge in [0.1, 0.15) is 6.07 Å². The summed E-state index contributed by atoms with van der Waals surface area (Å²) in [4.78, 5) is 16.6. The van der Waals surface area contributed by atoms with Gasteiger partial charge in [-0.1, -0.05) is 11.6 Å². The van der Waals surface area contributed by atoms with Gasteiger partial charge in [-0.3, -0.25) is 4.79 Å². The maximum Gasteiger partial charge on any atom is 0.225 e. The minimum Gasteiger partial charge on any atom is -0.378 e. The normalized spacial score (nSPS) is 19.5. The van der Waals surface area contributed by atoms with E-state index in [1.54, 1.807) is 6.07 Å². The van der Waals surface area contributed by atoms with Crippen LogP contribution in [-0.4, -0.2) is 50.2 Å². The van der Waals surface area contributed by atoms with Gasteiger partial charge in [0, 0.05) is 37.1 Å². The van der Waals surface area contributed by atoms with Crippen LogP contribution in [0, 0.1) is 17.2 Å². The van der Waals surface area contributed by atoms with Crippen molar-refractivity contribution in [1.29, 1.82) is 5.26 Å². The average Bonchev–Trinajstić information content (AvgIpc) is 2.62. The number of nitrogens with zero attached hydrogens (tertiary/aromatic N) is 3. The molecule has 2 aliphatic rings. The van der Waals surface area contributed by atoms with E-state index in [1.807, 2.05) is 17.0 Å². The molecule has 1 aromatic carbocycles. The molecule has 0 unspecified atom stereocenters. The maximum absolute atomic E-state index is 12.5. The number of carbonyl (C=O) groups excluding carboxylic acids is 1. The summed E-state index contributed by atoms with van der Waals surface area (Å²) in [6.07, 6.45) is 1.65. The molecule has 0 aromatic heterocycles. The maximum atomic E-state index is 12.5. The van der Waals surface area contributed by atoms with Crippen molar-refractivity contribution >= 4 is 23.2 Å². The SMILES string of the molecule is N#Cc1cc(Cl)ccc1N1CCC(C(=O)N2CCOCC2)CC1. The van der Waals surface area contributed by atoms with Gasteiger partial charge in [0.2, 0.25) is 5.91 Å². The average molecular weight is 334 g/mol. The molecule has 3 rings (SSSR count). The Hall–Kier alpha value is -1.77. The summed E-state index contributed by atoms with van der Waals surface area (Å²) in [6.45, 7) is 4.26. The molecule has 0 radical (unpaired) electrons. The summed E-state index contributed by atoms with van der Waals surface area (Å²) in [5, 5.41) is 9.85. The molecule has 1 amide bonds. The Morgan fingerprint density at radius 2 is 1.91 bits per heavy atom. The van der Waals surface area contributed by atoms with Crippen LogP contribution in [0.5, 0.6) is 0 Å². The van der Waals surface area contributed by atoms with Crippen LogP contribution in [0.3, 0.4) is 0 Å². The molecule has 2 fully saturated rings. The highest BCUT2D eigenvalue weighted by atomic mass is 35.5. The molecule has 122 valence electrons. The number of halogens is 1. The zero-order chi connectivity index (χ0) is 16.2. The first-order chi connectivity index (χ1) is 11.2. The quantitative estimate of drug-likeness (QED) is 0.833.